The molecule has 0 bridgehead atoms. The van der Waals surface area contributed by atoms with Gasteiger partial charge in [-0.25, -0.2) is 0 Å². The molecule has 1 saturated carbocycles. The normalized spacial score (nSPS) is 25.5. The molecule has 0 aromatic rings. The van der Waals surface area contributed by atoms with Gasteiger partial charge in [-0.2, -0.15) is 0 Å². The van der Waals surface area contributed by atoms with Crippen molar-refractivity contribution in [3.8, 4) is 0 Å². The summed E-state index contributed by atoms with van der Waals surface area (Å²) < 4.78 is 4.89. The highest BCUT2D eigenvalue weighted by Gasteiger charge is 2.23. The lowest BCUT2D eigenvalue weighted by atomic mass is 10.0. The Morgan fingerprint density at radius 3 is 2.93 bits per heavy atom. The first-order chi connectivity index (χ1) is 7.24. The quantitative estimate of drug-likeness (QED) is 0.638. The van der Waals surface area contributed by atoms with Crippen molar-refractivity contribution >= 4 is 5.91 Å². The summed E-state index contributed by atoms with van der Waals surface area (Å²) in [6.45, 7) is 1.39. The molecule has 1 aliphatic carbocycles. The molecule has 15 heavy (non-hydrogen) atoms. The van der Waals surface area contributed by atoms with Gasteiger partial charge < -0.3 is 15.8 Å². The molecule has 0 radical (unpaired) electrons. The highest BCUT2D eigenvalue weighted by atomic mass is 16.5. The minimum atomic E-state index is 0.117. The number of carbonyl (C=O) groups excluding carboxylic acids is 1. The van der Waals surface area contributed by atoms with Gasteiger partial charge in [0.05, 0.1) is 0 Å². The van der Waals surface area contributed by atoms with E-state index in [-0.39, 0.29) is 11.9 Å². The van der Waals surface area contributed by atoms with Gasteiger partial charge in [-0.15, -0.1) is 0 Å². The zero-order valence-electron chi connectivity index (χ0n) is 9.50. The molecular weight excluding hydrogens is 192 g/mol. The maximum Gasteiger partial charge on any atom is 0.220 e. The minimum absolute atomic E-state index is 0.117. The minimum Gasteiger partial charge on any atom is -0.385 e. The Morgan fingerprint density at radius 2 is 2.33 bits per heavy atom. The Morgan fingerprint density at radius 1 is 1.53 bits per heavy atom. The number of rotatable bonds is 6. The van der Waals surface area contributed by atoms with Crippen LogP contribution in [0.25, 0.3) is 0 Å². The molecule has 0 heterocycles. The SMILES string of the molecule is COCCCC(=O)NCC1CCCC1N. The lowest BCUT2D eigenvalue weighted by Crippen LogP contribution is -2.35. The highest BCUT2D eigenvalue weighted by molar-refractivity contribution is 5.75. The van der Waals surface area contributed by atoms with Crippen molar-refractivity contribution in [3.05, 3.63) is 0 Å². The molecule has 2 unspecified atom stereocenters. The topological polar surface area (TPSA) is 64.3 Å². The predicted octanol–water partition coefficient (Wildman–Crippen LogP) is 0.657. The summed E-state index contributed by atoms with van der Waals surface area (Å²) in [5.41, 5.74) is 5.92. The van der Waals surface area contributed by atoms with E-state index < -0.39 is 0 Å². The lowest BCUT2D eigenvalue weighted by Gasteiger charge is -2.15. The first kappa shape index (κ1) is 12.5. The van der Waals surface area contributed by atoms with Crippen molar-refractivity contribution in [1.82, 2.24) is 5.32 Å². The second-order valence-electron chi connectivity index (χ2n) is 4.26. The van der Waals surface area contributed by atoms with E-state index >= 15 is 0 Å². The molecule has 0 saturated heterocycles. The van der Waals surface area contributed by atoms with Crippen molar-refractivity contribution in [2.75, 3.05) is 20.3 Å². The molecular formula is C11H22N2O2. The van der Waals surface area contributed by atoms with Crippen molar-refractivity contribution in [1.29, 1.82) is 0 Å². The van der Waals surface area contributed by atoms with Crippen LogP contribution in [0.1, 0.15) is 32.1 Å². The Labute approximate surface area is 91.5 Å². The number of hydrogen-bond donors (Lipinski definition) is 2. The van der Waals surface area contributed by atoms with Crippen LogP contribution in [0.2, 0.25) is 0 Å². The van der Waals surface area contributed by atoms with E-state index in [1.165, 1.54) is 6.42 Å². The van der Waals surface area contributed by atoms with Crippen LogP contribution in [0.3, 0.4) is 0 Å². The van der Waals surface area contributed by atoms with Gasteiger partial charge in [-0.1, -0.05) is 6.42 Å². The van der Waals surface area contributed by atoms with Crippen molar-refractivity contribution in [2.24, 2.45) is 11.7 Å². The summed E-state index contributed by atoms with van der Waals surface area (Å²) in [7, 11) is 1.65. The van der Waals surface area contributed by atoms with Crippen LogP contribution in [0.5, 0.6) is 0 Å². The van der Waals surface area contributed by atoms with E-state index in [0.29, 0.717) is 18.9 Å². The molecule has 2 atom stereocenters. The van der Waals surface area contributed by atoms with E-state index in [1.54, 1.807) is 7.11 Å². The molecule has 4 heteroatoms. The summed E-state index contributed by atoms with van der Waals surface area (Å²) in [4.78, 5) is 11.4. The smallest absolute Gasteiger partial charge is 0.220 e. The van der Waals surface area contributed by atoms with Crippen LogP contribution in [-0.4, -0.2) is 32.2 Å². The number of nitrogens with two attached hydrogens (primary N) is 1. The lowest BCUT2D eigenvalue weighted by molar-refractivity contribution is -0.121. The Balaban J connectivity index is 2.05. The molecule has 4 nitrogen and oxygen atoms in total. The van der Waals surface area contributed by atoms with Crippen molar-refractivity contribution in [3.63, 3.8) is 0 Å². The second kappa shape index (κ2) is 6.80. The van der Waals surface area contributed by atoms with Crippen LogP contribution in [0, 0.1) is 5.92 Å². The molecule has 1 aliphatic rings. The third-order valence-corrected chi connectivity index (χ3v) is 3.03. The molecule has 0 aromatic heterocycles. The van der Waals surface area contributed by atoms with Crippen LogP contribution in [-0.2, 0) is 9.53 Å². The zero-order valence-corrected chi connectivity index (χ0v) is 9.50. The number of amides is 1. The summed E-state index contributed by atoms with van der Waals surface area (Å²) in [6, 6.07) is 0.282. The maximum absolute atomic E-state index is 11.4. The van der Waals surface area contributed by atoms with Gasteiger partial charge in [-0.3, -0.25) is 4.79 Å². The van der Waals surface area contributed by atoms with Gasteiger partial charge in [0.1, 0.15) is 0 Å². The average molecular weight is 214 g/mol. The van der Waals surface area contributed by atoms with Gasteiger partial charge >= 0.3 is 0 Å². The Kier molecular flexibility index (Phi) is 5.65. The van der Waals surface area contributed by atoms with Crippen molar-refractivity contribution < 1.29 is 9.53 Å². The Bertz CT molecular complexity index is 197. The maximum atomic E-state index is 11.4. The standard InChI is InChI=1S/C11H22N2O2/c1-15-7-3-6-11(14)13-8-9-4-2-5-10(9)12/h9-10H,2-8,12H2,1H3,(H,13,14). The number of carbonyl (C=O) groups is 1. The molecule has 1 fully saturated rings. The fourth-order valence-corrected chi connectivity index (χ4v) is 2.03. The molecule has 1 rings (SSSR count). The number of ether oxygens (including phenoxy) is 1. The molecule has 0 aromatic carbocycles. The monoisotopic (exact) mass is 214 g/mol. The zero-order chi connectivity index (χ0) is 11.1. The van der Waals surface area contributed by atoms with E-state index in [2.05, 4.69) is 5.32 Å². The number of nitrogens with one attached hydrogen (secondary N) is 1. The third-order valence-electron chi connectivity index (χ3n) is 3.03. The van der Waals surface area contributed by atoms with E-state index in [1.807, 2.05) is 0 Å². The molecule has 0 spiro atoms. The van der Waals surface area contributed by atoms with Crippen LogP contribution < -0.4 is 11.1 Å². The average Bonchev–Trinajstić information content (AvgIpc) is 2.61. The largest absolute Gasteiger partial charge is 0.385 e. The molecule has 3 N–H and O–H groups in total. The van der Waals surface area contributed by atoms with E-state index in [0.717, 1.165) is 25.8 Å². The fraction of sp³-hybridized carbons (Fsp3) is 0.909. The summed E-state index contributed by atoms with van der Waals surface area (Å²) in [5, 5.41) is 2.94. The second-order valence-corrected chi connectivity index (χ2v) is 4.26. The summed E-state index contributed by atoms with van der Waals surface area (Å²) in [5.74, 6) is 0.600. The molecule has 1 amide bonds. The predicted molar refractivity (Wildman–Crippen MR) is 59.4 cm³/mol. The summed E-state index contributed by atoms with van der Waals surface area (Å²) in [6.07, 6.45) is 4.80. The molecule has 0 aliphatic heterocycles. The fourth-order valence-electron chi connectivity index (χ4n) is 2.03. The van der Waals surface area contributed by atoms with Gasteiger partial charge in [0, 0.05) is 32.7 Å². The highest BCUT2D eigenvalue weighted by Crippen LogP contribution is 2.22. The van der Waals surface area contributed by atoms with E-state index in [9.17, 15) is 4.79 Å². The van der Waals surface area contributed by atoms with Crippen LogP contribution in [0.15, 0.2) is 0 Å². The number of methoxy groups -OCH3 is 1. The van der Waals surface area contributed by atoms with Crippen LogP contribution in [0.4, 0.5) is 0 Å². The van der Waals surface area contributed by atoms with Crippen LogP contribution >= 0.6 is 0 Å². The third kappa shape index (κ3) is 4.62. The first-order valence-corrected chi connectivity index (χ1v) is 5.75. The Hall–Kier alpha value is -0.610. The first-order valence-electron chi connectivity index (χ1n) is 5.75. The molecule has 88 valence electrons. The van der Waals surface area contributed by atoms with Gasteiger partial charge in [0.2, 0.25) is 5.91 Å². The van der Waals surface area contributed by atoms with Gasteiger partial charge in [0.15, 0.2) is 0 Å². The van der Waals surface area contributed by atoms with Gasteiger partial charge in [-0.05, 0) is 25.2 Å². The van der Waals surface area contributed by atoms with Crippen molar-refractivity contribution in [2.45, 2.75) is 38.1 Å². The van der Waals surface area contributed by atoms with Gasteiger partial charge in [0.25, 0.3) is 0 Å². The number of hydrogen-bond acceptors (Lipinski definition) is 3. The van der Waals surface area contributed by atoms with E-state index in [4.69, 9.17) is 10.5 Å². The summed E-state index contributed by atoms with van der Waals surface area (Å²) >= 11 is 0.